The van der Waals surface area contributed by atoms with Gasteiger partial charge in [-0.3, -0.25) is 10.1 Å². The predicted molar refractivity (Wildman–Crippen MR) is 156 cm³/mol. The summed E-state index contributed by atoms with van der Waals surface area (Å²) < 4.78 is 2.22. The molecule has 200 valence electrons. The Balaban J connectivity index is 1.69. The summed E-state index contributed by atoms with van der Waals surface area (Å²) in [5.74, 6) is 0.309. The smallest absolute Gasteiger partial charge is 0.294 e. The van der Waals surface area contributed by atoms with Gasteiger partial charge in [0, 0.05) is 55.6 Å². The molecule has 1 aliphatic rings. The van der Waals surface area contributed by atoms with Crippen LogP contribution in [-0.2, 0) is 13.0 Å². The van der Waals surface area contributed by atoms with Crippen LogP contribution in [0.25, 0.3) is 10.9 Å². The summed E-state index contributed by atoms with van der Waals surface area (Å²) in [5.41, 5.74) is 5.60. The maximum absolute atomic E-state index is 11.9. The van der Waals surface area contributed by atoms with Crippen LogP contribution in [0, 0.1) is 17.0 Å². The molecule has 1 aliphatic heterocycles. The molecule has 0 radical (unpaired) electrons. The highest BCUT2D eigenvalue weighted by Crippen LogP contribution is 2.35. The molecule has 4 rings (SSSR count). The highest BCUT2D eigenvalue weighted by atomic mass is 16.6. The van der Waals surface area contributed by atoms with Gasteiger partial charge in [-0.25, -0.2) is 4.99 Å². The van der Waals surface area contributed by atoms with Crippen LogP contribution < -0.4 is 10.2 Å². The third kappa shape index (κ3) is 5.43. The van der Waals surface area contributed by atoms with E-state index < -0.39 is 0 Å². The fourth-order valence-electron chi connectivity index (χ4n) is 4.89. The van der Waals surface area contributed by atoms with Gasteiger partial charge in [-0.2, -0.15) is 0 Å². The zero-order chi connectivity index (χ0) is 27.6. The highest BCUT2D eigenvalue weighted by Gasteiger charge is 2.22. The van der Waals surface area contributed by atoms with Crippen LogP contribution in [0.1, 0.15) is 30.0 Å². The van der Waals surface area contributed by atoms with Crippen LogP contribution in [-0.4, -0.2) is 59.4 Å². The largest absolute Gasteiger partial charge is 0.506 e. The predicted octanol–water partition coefficient (Wildman–Crippen LogP) is 5.64. The zero-order valence-corrected chi connectivity index (χ0v) is 22.8. The van der Waals surface area contributed by atoms with E-state index in [2.05, 4.69) is 27.5 Å². The van der Waals surface area contributed by atoms with Crippen molar-refractivity contribution < 1.29 is 10.0 Å². The second kappa shape index (κ2) is 11.1. The van der Waals surface area contributed by atoms with Crippen LogP contribution in [0.4, 0.5) is 17.1 Å². The van der Waals surface area contributed by atoms with Crippen molar-refractivity contribution in [2.75, 3.05) is 44.4 Å². The fourth-order valence-corrected chi connectivity index (χ4v) is 4.89. The molecule has 0 saturated carbocycles. The van der Waals surface area contributed by atoms with Crippen molar-refractivity contribution in [1.29, 1.82) is 0 Å². The number of aliphatic imine (C=N–C) groups is 1. The molecular weight excluding hydrogens is 480 g/mol. The molecular formula is C29H36N6O3. The topological polar surface area (TPSA) is 99.2 Å². The van der Waals surface area contributed by atoms with Crippen LogP contribution in [0.2, 0.25) is 0 Å². The third-order valence-electron chi connectivity index (χ3n) is 6.94. The molecule has 3 aromatic rings. The Hall–Kier alpha value is -4.11. The molecule has 0 amide bonds. The van der Waals surface area contributed by atoms with Crippen molar-refractivity contribution in [2.24, 2.45) is 4.99 Å². The number of nitro groups is 1. The van der Waals surface area contributed by atoms with Crippen molar-refractivity contribution in [1.82, 2.24) is 9.47 Å². The van der Waals surface area contributed by atoms with E-state index in [0.29, 0.717) is 23.6 Å². The fraction of sp³-hybridized carbons (Fsp3) is 0.345. The Morgan fingerprint density at radius 3 is 2.74 bits per heavy atom. The summed E-state index contributed by atoms with van der Waals surface area (Å²) in [7, 11) is 5.79. The van der Waals surface area contributed by atoms with Crippen molar-refractivity contribution in [3.63, 3.8) is 0 Å². The molecule has 0 aliphatic carbocycles. The van der Waals surface area contributed by atoms with Crippen LogP contribution in [0.5, 0.6) is 0 Å². The van der Waals surface area contributed by atoms with E-state index in [1.807, 2.05) is 62.3 Å². The lowest BCUT2D eigenvalue weighted by molar-refractivity contribution is -0.384. The van der Waals surface area contributed by atoms with Gasteiger partial charge in [-0.15, -0.1) is 0 Å². The first-order valence-electron chi connectivity index (χ1n) is 12.8. The first-order valence-corrected chi connectivity index (χ1v) is 12.8. The monoisotopic (exact) mass is 516 g/mol. The Morgan fingerprint density at radius 2 is 2.05 bits per heavy atom. The van der Waals surface area contributed by atoms with Crippen molar-refractivity contribution >= 4 is 33.7 Å². The number of aromatic nitrogens is 1. The summed E-state index contributed by atoms with van der Waals surface area (Å²) in [6, 6.07) is 9.55. The van der Waals surface area contributed by atoms with E-state index in [0.717, 1.165) is 42.4 Å². The number of hydrogen-bond acceptors (Lipinski definition) is 7. The van der Waals surface area contributed by atoms with Gasteiger partial charge in [0.15, 0.2) is 0 Å². The molecule has 0 saturated heterocycles. The minimum atomic E-state index is -0.372. The van der Waals surface area contributed by atoms with E-state index in [1.165, 1.54) is 17.1 Å². The number of anilines is 2. The van der Waals surface area contributed by atoms with Gasteiger partial charge in [0.05, 0.1) is 10.4 Å². The average molecular weight is 517 g/mol. The molecule has 2 aromatic carbocycles. The summed E-state index contributed by atoms with van der Waals surface area (Å²) in [6.45, 7) is 10.0. The van der Waals surface area contributed by atoms with Gasteiger partial charge in [0.1, 0.15) is 23.0 Å². The molecule has 2 N–H and O–H groups in total. The lowest BCUT2D eigenvalue weighted by Crippen LogP contribution is -2.29. The highest BCUT2D eigenvalue weighted by molar-refractivity contribution is 6.19. The van der Waals surface area contributed by atoms with E-state index in [1.54, 1.807) is 13.0 Å². The van der Waals surface area contributed by atoms with Gasteiger partial charge >= 0.3 is 0 Å². The standard InChI is InChI=1S/C29H36N6O3/c1-7-27(36)28(23-18-34-13-9-11-21-10-8-12-22(23)29(21)34)31-20(3)30-24-17-26(35(37)38)25(16-19(24)2)33(6)15-14-32(4)5/h7-8,10,12,16-18,30,36H,3,9,11,13-15H2,1-2,4-6H3/b27-7+,31-28-. The molecule has 0 bridgehead atoms. The Kier molecular flexibility index (Phi) is 7.87. The summed E-state index contributed by atoms with van der Waals surface area (Å²) >= 11 is 0. The van der Waals surface area contributed by atoms with Crippen molar-refractivity contribution in [3.05, 3.63) is 87.6 Å². The van der Waals surface area contributed by atoms with Crippen molar-refractivity contribution in [2.45, 2.75) is 33.2 Å². The number of aliphatic hydroxyl groups excluding tert-OH is 1. The summed E-state index contributed by atoms with van der Waals surface area (Å²) in [6.07, 6.45) is 5.73. The normalized spacial score (nSPS) is 13.7. The maximum atomic E-state index is 11.9. The summed E-state index contributed by atoms with van der Waals surface area (Å²) in [5, 5.41) is 26.9. The molecule has 9 nitrogen and oxygen atoms in total. The number of hydrogen-bond donors (Lipinski definition) is 2. The van der Waals surface area contributed by atoms with Gasteiger partial charge < -0.3 is 24.8 Å². The summed E-state index contributed by atoms with van der Waals surface area (Å²) in [4.78, 5) is 20.2. The van der Waals surface area contributed by atoms with Crippen molar-refractivity contribution in [3.8, 4) is 0 Å². The number of para-hydroxylation sites is 1. The van der Waals surface area contributed by atoms with E-state index >= 15 is 0 Å². The second-order valence-electron chi connectivity index (χ2n) is 10.00. The molecule has 9 heteroatoms. The Morgan fingerprint density at radius 1 is 1.29 bits per heavy atom. The van der Waals surface area contributed by atoms with E-state index in [9.17, 15) is 15.2 Å². The number of aryl methyl sites for hydroxylation is 3. The number of nitrogens with zero attached hydrogens (tertiary/aromatic N) is 5. The number of allylic oxidation sites excluding steroid dienone is 2. The average Bonchev–Trinajstić information content (AvgIpc) is 3.26. The van der Waals surface area contributed by atoms with Crippen LogP contribution >= 0.6 is 0 Å². The van der Waals surface area contributed by atoms with Gasteiger partial charge in [-0.05, 0) is 64.1 Å². The number of nitrogens with one attached hydrogen (secondary N) is 1. The van der Waals surface area contributed by atoms with Gasteiger partial charge in [-0.1, -0.05) is 24.8 Å². The number of aliphatic hydroxyl groups is 1. The first kappa shape index (κ1) is 26.9. The number of nitro benzene ring substituents is 1. The SMILES string of the molecule is C=C(/N=C(\C(O)=C/C)c1cn2c3c(cccc13)CCC2)Nc1cc([N+](=O)[O-])c(N(C)CCN(C)C)cc1C. The van der Waals surface area contributed by atoms with E-state index in [4.69, 9.17) is 0 Å². The molecule has 0 fully saturated rings. The number of rotatable bonds is 10. The number of benzene rings is 2. The minimum absolute atomic E-state index is 0.00153. The second-order valence-corrected chi connectivity index (χ2v) is 10.00. The van der Waals surface area contributed by atoms with Crippen LogP contribution in [0.3, 0.4) is 0 Å². The Bertz CT molecular complexity index is 1450. The zero-order valence-electron chi connectivity index (χ0n) is 22.8. The molecule has 0 atom stereocenters. The lowest BCUT2D eigenvalue weighted by atomic mass is 10.0. The molecule has 1 aromatic heterocycles. The maximum Gasteiger partial charge on any atom is 0.294 e. The van der Waals surface area contributed by atoms with E-state index in [-0.39, 0.29) is 22.2 Å². The molecule has 38 heavy (non-hydrogen) atoms. The Labute approximate surface area is 223 Å². The molecule has 0 unspecified atom stereocenters. The van der Waals surface area contributed by atoms with Gasteiger partial charge in [0.25, 0.3) is 5.69 Å². The molecule has 2 heterocycles. The lowest BCUT2D eigenvalue weighted by Gasteiger charge is -2.22. The first-order chi connectivity index (χ1) is 18.1. The number of likely N-dealkylation sites (N-methyl/N-ethyl adjacent to an activating group) is 2. The molecule has 0 spiro atoms. The van der Waals surface area contributed by atoms with Gasteiger partial charge in [0.2, 0.25) is 0 Å². The van der Waals surface area contributed by atoms with Crippen LogP contribution in [0.15, 0.2) is 65.8 Å². The minimum Gasteiger partial charge on any atom is -0.506 e. The third-order valence-corrected chi connectivity index (χ3v) is 6.94. The quantitative estimate of drug-likeness (QED) is 0.157.